The molecule has 22 heavy (non-hydrogen) atoms. The Balaban J connectivity index is 2.13. The fourth-order valence-corrected chi connectivity index (χ4v) is 2.50. The van der Waals surface area contributed by atoms with Crippen molar-refractivity contribution in [1.29, 1.82) is 5.26 Å². The van der Waals surface area contributed by atoms with E-state index in [9.17, 15) is 23.2 Å². The average molecular weight is 299 g/mol. The molecule has 0 saturated heterocycles. The lowest BCUT2D eigenvalue weighted by Crippen LogP contribution is -2.05. The number of nitrogens with zero attached hydrogens (tertiary/aromatic N) is 1. The Labute approximate surface area is 124 Å². The summed E-state index contributed by atoms with van der Waals surface area (Å²) in [5, 5.41) is 9.31. The van der Waals surface area contributed by atoms with Gasteiger partial charge in [-0.15, -0.1) is 0 Å². The first-order valence-corrected chi connectivity index (χ1v) is 6.39. The lowest BCUT2D eigenvalue weighted by Gasteiger charge is -2.08. The number of Topliss-reactive ketones (excluding diaryl/α,β-unsaturated/α-hetero) is 1. The number of benzene rings is 2. The molecule has 0 spiro atoms. The first-order valence-electron chi connectivity index (χ1n) is 6.39. The molecule has 0 bridgehead atoms. The Hall–Kier alpha value is -2.87. The van der Waals surface area contributed by atoms with Gasteiger partial charge in [0.1, 0.15) is 6.07 Å². The SMILES string of the molecule is N#CC1=C(c2ccc(C(F)(F)F)cc2)C(=O)c2ccccc21. The highest BCUT2D eigenvalue weighted by Gasteiger charge is 2.32. The summed E-state index contributed by atoms with van der Waals surface area (Å²) >= 11 is 0. The number of allylic oxidation sites excluding steroid dienone is 2. The van der Waals surface area contributed by atoms with Gasteiger partial charge in [0.25, 0.3) is 0 Å². The van der Waals surface area contributed by atoms with Crippen LogP contribution in [0.1, 0.15) is 27.0 Å². The topological polar surface area (TPSA) is 40.9 Å². The van der Waals surface area contributed by atoms with Gasteiger partial charge < -0.3 is 0 Å². The van der Waals surface area contributed by atoms with Gasteiger partial charge in [0.2, 0.25) is 0 Å². The molecular formula is C17H8F3NO. The lowest BCUT2D eigenvalue weighted by atomic mass is 9.99. The summed E-state index contributed by atoms with van der Waals surface area (Å²) in [6.07, 6.45) is -4.44. The van der Waals surface area contributed by atoms with Crippen LogP contribution in [0.2, 0.25) is 0 Å². The van der Waals surface area contributed by atoms with E-state index in [1.54, 1.807) is 24.3 Å². The summed E-state index contributed by atoms with van der Waals surface area (Å²) in [7, 11) is 0. The number of fused-ring (bicyclic) bond motifs is 1. The minimum absolute atomic E-state index is 0.150. The maximum Gasteiger partial charge on any atom is 0.416 e. The molecule has 2 aromatic carbocycles. The molecule has 0 heterocycles. The number of hydrogen-bond acceptors (Lipinski definition) is 2. The van der Waals surface area contributed by atoms with Gasteiger partial charge in [-0.1, -0.05) is 36.4 Å². The summed E-state index contributed by atoms with van der Waals surface area (Å²) < 4.78 is 37.8. The third-order valence-corrected chi connectivity index (χ3v) is 3.53. The zero-order chi connectivity index (χ0) is 15.9. The quantitative estimate of drug-likeness (QED) is 0.786. The zero-order valence-electron chi connectivity index (χ0n) is 11.1. The van der Waals surface area contributed by atoms with Crippen molar-refractivity contribution in [3.05, 3.63) is 70.8 Å². The molecule has 0 fully saturated rings. The minimum atomic E-state index is -4.44. The number of ketones is 1. The Bertz CT molecular complexity index is 839. The molecule has 1 aliphatic carbocycles. The molecule has 0 aliphatic heterocycles. The Morgan fingerprint density at radius 2 is 1.50 bits per heavy atom. The fraction of sp³-hybridized carbons (Fsp3) is 0.0588. The minimum Gasteiger partial charge on any atom is -0.289 e. The Morgan fingerprint density at radius 3 is 2.05 bits per heavy atom. The second-order valence-electron chi connectivity index (χ2n) is 4.81. The zero-order valence-corrected chi connectivity index (χ0v) is 11.1. The van der Waals surface area contributed by atoms with E-state index in [0.717, 1.165) is 12.1 Å². The largest absolute Gasteiger partial charge is 0.416 e. The molecule has 0 atom stereocenters. The van der Waals surface area contributed by atoms with E-state index in [4.69, 9.17) is 0 Å². The van der Waals surface area contributed by atoms with Gasteiger partial charge in [-0.3, -0.25) is 4.79 Å². The van der Waals surface area contributed by atoms with Crippen LogP contribution in [0.4, 0.5) is 13.2 Å². The van der Waals surface area contributed by atoms with E-state index < -0.39 is 11.7 Å². The van der Waals surface area contributed by atoms with Gasteiger partial charge in [-0.05, 0) is 17.7 Å². The normalized spacial score (nSPS) is 14.0. The summed E-state index contributed by atoms with van der Waals surface area (Å²) in [5.41, 5.74) is 0.778. The molecule has 0 N–H and O–H groups in total. The highest BCUT2D eigenvalue weighted by molar-refractivity contribution is 6.41. The first-order chi connectivity index (χ1) is 10.4. The number of nitriles is 1. The van der Waals surface area contributed by atoms with Crippen molar-refractivity contribution in [1.82, 2.24) is 0 Å². The van der Waals surface area contributed by atoms with Crippen LogP contribution in [0.25, 0.3) is 11.1 Å². The van der Waals surface area contributed by atoms with Crippen LogP contribution in [0.5, 0.6) is 0 Å². The fourth-order valence-electron chi connectivity index (χ4n) is 2.50. The van der Waals surface area contributed by atoms with Crippen molar-refractivity contribution in [3.63, 3.8) is 0 Å². The van der Waals surface area contributed by atoms with Crippen molar-refractivity contribution >= 4 is 16.9 Å². The number of rotatable bonds is 1. The molecular weight excluding hydrogens is 291 g/mol. The predicted molar refractivity (Wildman–Crippen MR) is 74.6 cm³/mol. The molecule has 108 valence electrons. The molecule has 0 aromatic heterocycles. The second-order valence-corrected chi connectivity index (χ2v) is 4.81. The van der Waals surface area contributed by atoms with Gasteiger partial charge in [0.15, 0.2) is 5.78 Å². The monoisotopic (exact) mass is 299 g/mol. The van der Waals surface area contributed by atoms with Crippen LogP contribution in [0.15, 0.2) is 48.5 Å². The molecule has 0 unspecified atom stereocenters. The van der Waals surface area contributed by atoms with Crippen LogP contribution in [0.3, 0.4) is 0 Å². The smallest absolute Gasteiger partial charge is 0.289 e. The summed E-state index contributed by atoms with van der Waals surface area (Å²) in [4.78, 5) is 12.4. The van der Waals surface area contributed by atoms with E-state index in [1.807, 2.05) is 6.07 Å². The summed E-state index contributed by atoms with van der Waals surface area (Å²) in [6.45, 7) is 0. The van der Waals surface area contributed by atoms with E-state index in [-0.39, 0.29) is 16.9 Å². The van der Waals surface area contributed by atoms with Crippen LogP contribution in [0, 0.1) is 11.3 Å². The number of hydrogen-bond donors (Lipinski definition) is 0. The number of alkyl halides is 3. The van der Waals surface area contributed by atoms with Gasteiger partial charge >= 0.3 is 6.18 Å². The van der Waals surface area contributed by atoms with Crippen molar-refractivity contribution in [3.8, 4) is 6.07 Å². The Morgan fingerprint density at radius 1 is 0.909 bits per heavy atom. The summed E-state index contributed by atoms with van der Waals surface area (Å²) in [5.74, 6) is -0.341. The highest BCUT2D eigenvalue weighted by atomic mass is 19.4. The molecule has 0 amide bonds. The van der Waals surface area contributed by atoms with Crippen molar-refractivity contribution < 1.29 is 18.0 Å². The summed E-state index contributed by atoms with van der Waals surface area (Å²) in [6, 6.07) is 12.9. The Kier molecular flexibility index (Phi) is 3.10. The van der Waals surface area contributed by atoms with Crippen molar-refractivity contribution in [2.45, 2.75) is 6.18 Å². The first kappa shape index (κ1) is 14.1. The average Bonchev–Trinajstić information content (AvgIpc) is 2.79. The van der Waals surface area contributed by atoms with E-state index in [1.165, 1.54) is 12.1 Å². The van der Waals surface area contributed by atoms with Crippen LogP contribution < -0.4 is 0 Å². The van der Waals surface area contributed by atoms with E-state index >= 15 is 0 Å². The highest BCUT2D eigenvalue weighted by Crippen LogP contribution is 2.38. The molecule has 0 radical (unpaired) electrons. The third-order valence-electron chi connectivity index (χ3n) is 3.53. The molecule has 1 aliphatic rings. The molecule has 2 aromatic rings. The maximum absolute atomic E-state index is 12.6. The number of halogens is 3. The van der Waals surface area contributed by atoms with E-state index in [2.05, 4.69) is 0 Å². The molecule has 2 nitrogen and oxygen atoms in total. The van der Waals surface area contributed by atoms with Crippen LogP contribution in [-0.2, 0) is 6.18 Å². The van der Waals surface area contributed by atoms with Gasteiger partial charge in [-0.25, -0.2) is 0 Å². The second kappa shape index (κ2) is 4.85. The molecule has 0 saturated carbocycles. The van der Waals surface area contributed by atoms with Gasteiger partial charge in [0.05, 0.1) is 11.1 Å². The van der Waals surface area contributed by atoms with Gasteiger partial charge in [-0.2, -0.15) is 18.4 Å². The van der Waals surface area contributed by atoms with Crippen molar-refractivity contribution in [2.75, 3.05) is 0 Å². The van der Waals surface area contributed by atoms with Gasteiger partial charge in [0, 0.05) is 16.7 Å². The van der Waals surface area contributed by atoms with Crippen molar-refractivity contribution in [2.24, 2.45) is 0 Å². The predicted octanol–water partition coefficient (Wildman–Crippen LogP) is 4.34. The maximum atomic E-state index is 12.6. The van der Waals surface area contributed by atoms with Crippen LogP contribution >= 0.6 is 0 Å². The number of carbonyl (C=O) groups excluding carboxylic acids is 1. The number of carbonyl (C=O) groups is 1. The lowest BCUT2D eigenvalue weighted by molar-refractivity contribution is -0.137. The third kappa shape index (κ3) is 2.09. The van der Waals surface area contributed by atoms with E-state index in [0.29, 0.717) is 16.7 Å². The van der Waals surface area contributed by atoms with Crippen LogP contribution in [-0.4, -0.2) is 5.78 Å². The standard InChI is InChI=1S/C17H8F3NO/c18-17(19,20)11-7-5-10(6-8-11)15-14(9-21)12-3-1-2-4-13(12)16(15)22/h1-8H. The molecule has 5 heteroatoms. The molecule has 3 rings (SSSR count).